The lowest BCUT2D eigenvalue weighted by molar-refractivity contribution is 0.659. The number of fused-ring (bicyclic) bond motifs is 15. The Kier molecular flexibility index (Phi) is 8.02. The van der Waals surface area contributed by atoms with E-state index in [9.17, 15) is 0 Å². The summed E-state index contributed by atoms with van der Waals surface area (Å²) in [5.41, 5.74) is 26.0. The van der Waals surface area contributed by atoms with Crippen molar-refractivity contribution in [1.29, 1.82) is 0 Å². The second-order valence-electron chi connectivity index (χ2n) is 19.1. The van der Waals surface area contributed by atoms with E-state index in [1.165, 1.54) is 128 Å². The van der Waals surface area contributed by atoms with Gasteiger partial charge in [0.15, 0.2) is 0 Å². The molecule has 1 nitrogen and oxygen atoms in total. The van der Waals surface area contributed by atoms with Crippen LogP contribution >= 0.6 is 0 Å². The largest absolute Gasteiger partial charge is 0.309 e. The maximum absolute atomic E-state index is 2.54. The van der Waals surface area contributed by atoms with Gasteiger partial charge < -0.3 is 4.57 Å². The smallest absolute Gasteiger partial charge is 0.0760 e. The molecule has 1 aliphatic heterocycles. The summed E-state index contributed by atoms with van der Waals surface area (Å²) in [6.07, 6.45) is 2.51. The van der Waals surface area contributed by atoms with Crippen molar-refractivity contribution in [2.24, 2.45) is 0 Å². The summed E-state index contributed by atoms with van der Waals surface area (Å²) in [5, 5.41) is 2.57. The fraction of sp³-hybridized carbons (Fsp3) is 0.0606. The first-order valence-electron chi connectivity index (χ1n) is 23.6. The van der Waals surface area contributed by atoms with Crippen LogP contribution in [-0.4, -0.2) is 4.57 Å². The molecule has 0 fully saturated rings. The molecule has 0 saturated heterocycles. The Morgan fingerprint density at radius 1 is 0.373 bits per heavy atom. The van der Waals surface area contributed by atoms with Gasteiger partial charge >= 0.3 is 0 Å². The van der Waals surface area contributed by atoms with Crippen LogP contribution in [0.15, 0.2) is 231 Å². The van der Waals surface area contributed by atoms with Crippen LogP contribution in [0.1, 0.15) is 63.9 Å². The van der Waals surface area contributed by atoms with Crippen LogP contribution in [0.4, 0.5) is 0 Å². The number of hydrogen-bond acceptors (Lipinski definition) is 0. The van der Waals surface area contributed by atoms with Gasteiger partial charge in [0.05, 0.1) is 22.1 Å². The molecule has 1 aromatic heterocycles. The minimum atomic E-state index is -0.599. The molecule has 1 heteroatoms. The van der Waals surface area contributed by atoms with E-state index in [1.807, 2.05) is 0 Å². The zero-order chi connectivity index (χ0) is 44.4. The van der Waals surface area contributed by atoms with Gasteiger partial charge in [0.2, 0.25) is 0 Å². The number of benzene rings is 10. The first-order valence-corrected chi connectivity index (χ1v) is 23.6. The molecule has 0 saturated carbocycles. The molecule has 2 aliphatic carbocycles. The summed E-state index contributed by atoms with van der Waals surface area (Å²) in [6, 6.07) is 86.5. The molecule has 0 bridgehead atoms. The molecule has 1 unspecified atom stereocenters. The zero-order valence-electron chi connectivity index (χ0n) is 37.5. The number of para-hydroxylation sites is 3. The predicted molar refractivity (Wildman–Crippen MR) is 280 cm³/mol. The molecular weight excluding hydrogens is 807 g/mol. The minimum Gasteiger partial charge on any atom is -0.309 e. The number of hydrogen-bond donors (Lipinski definition) is 0. The zero-order valence-corrected chi connectivity index (χ0v) is 37.5. The molecule has 1 spiro atoms. The summed E-state index contributed by atoms with van der Waals surface area (Å²) in [4.78, 5) is 0. The first kappa shape index (κ1) is 38.1. The monoisotopic (exact) mass is 851 g/mol. The number of aromatic nitrogens is 1. The summed E-state index contributed by atoms with van der Waals surface area (Å²) in [6.45, 7) is 4.79. The number of rotatable bonds is 5. The van der Waals surface area contributed by atoms with Gasteiger partial charge in [-0.25, -0.2) is 0 Å². The highest BCUT2D eigenvalue weighted by Crippen LogP contribution is 2.63. The van der Waals surface area contributed by atoms with Crippen molar-refractivity contribution < 1.29 is 0 Å². The summed E-state index contributed by atoms with van der Waals surface area (Å²) < 4.78 is 2.54. The lowest BCUT2D eigenvalue weighted by Gasteiger charge is -2.40. The van der Waals surface area contributed by atoms with Crippen LogP contribution in [0.5, 0.6) is 0 Å². The van der Waals surface area contributed by atoms with E-state index in [4.69, 9.17) is 0 Å². The maximum Gasteiger partial charge on any atom is 0.0760 e. The number of nitrogens with zero attached hydrogens (tertiary/aromatic N) is 1. The van der Waals surface area contributed by atoms with E-state index in [0.717, 1.165) is 0 Å². The highest BCUT2D eigenvalue weighted by Gasteiger charge is 2.52. The maximum atomic E-state index is 2.54. The Labute approximate surface area is 391 Å². The minimum absolute atomic E-state index is 0.182. The fourth-order valence-electron chi connectivity index (χ4n) is 12.9. The Balaban J connectivity index is 1.09. The van der Waals surface area contributed by atoms with E-state index in [2.05, 4.69) is 255 Å². The quantitative estimate of drug-likeness (QED) is 0.152. The predicted octanol–water partition coefficient (Wildman–Crippen LogP) is 16.7. The van der Waals surface area contributed by atoms with Gasteiger partial charge in [-0.1, -0.05) is 232 Å². The molecule has 10 aromatic carbocycles. The average Bonchev–Trinajstić information content (AvgIpc) is 3.97. The van der Waals surface area contributed by atoms with Gasteiger partial charge in [-0.2, -0.15) is 0 Å². The lowest BCUT2D eigenvalue weighted by atomic mass is 9.64. The van der Waals surface area contributed by atoms with Crippen LogP contribution in [0.2, 0.25) is 0 Å². The molecule has 1 atom stereocenters. The van der Waals surface area contributed by atoms with Crippen LogP contribution in [0, 0.1) is 0 Å². The van der Waals surface area contributed by atoms with E-state index in [0.29, 0.717) is 0 Å². The molecule has 0 radical (unpaired) electrons. The second-order valence-corrected chi connectivity index (χ2v) is 19.1. The van der Waals surface area contributed by atoms with Crippen LogP contribution < -0.4 is 0 Å². The SMILES string of the molecule is CC1(C)c2ccccc2-c2cccc(/C=C(\c3ccccc3-c3ccccc3)c3ccccc3-c3cccc4c3C3(c5ccccc5-4)c4ccccc4-n4c5ccccc5c5cccc3c54)c21. The Morgan fingerprint density at radius 2 is 0.881 bits per heavy atom. The first-order chi connectivity index (χ1) is 33.0. The molecule has 0 amide bonds. The van der Waals surface area contributed by atoms with Crippen LogP contribution in [0.3, 0.4) is 0 Å². The van der Waals surface area contributed by atoms with Gasteiger partial charge in [0.1, 0.15) is 0 Å². The van der Waals surface area contributed by atoms with Crippen molar-refractivity contribution >= 4 is 33.5 Å². The van der Waals surface area contributed by atoms with Gasteiger partial charge in [-0.15, -0.1) is 0 Å². The third-order valence-electron chi connectivity index (χ3n) is 15.4. The lowest BCUT2D eigenvalue weighted by Crippen LogP contribution is -2.34. The Bertz CT molecular complexity index is 3900. The Morgan fingerprint density at radius 3 is 1.67 bits per heavy atom. The third-order valence-corrected chi connectivity index (χ3v) is 15.4. The van der Waals surface area contributed by atoms with Gasteiger partial charge in [0, 0.05) is 16.2 Å². The van der Waals surface area contributed by atoms with E-state index in [-0.39, 0.29) is 5.41 Å². The summed E-state index contributed by atoms with van der Waals surface area (Å²) in [5.74, 6) is 0. The van der Waals surface area contributed by atoms with Crippen LogP contribution in [0.25, 0.3) is 83.6 Å². The van der Waals surface area contributed by atoms with Gasteiger partial charge in [0.25, 0.3) is 0 Å². The molecule has 11 aromatic rings. The normalized spacial score (nSPS) is 15.9. The summed E-state index contributed by atoms with van der Waals surface area (Å²) >= 11 is 0. The third kappa shape index (κ3) is 5.09. The van der Waals surface area contributed by atoms with Crippen molar-refractivity contribution in [2.45, 2.75) is 24.7 Å². The van der Waals surface area contributed by atoms with Crippen molar-refractivity contribution in [3.8, 4) is 50.2 Å². The van der Waals surface area contributed by atoms with Crippen molar-refractivity contribution in [1.82, 2.24) is 4.57 Å². The highest BCUT2D eigenvalue weighted by molar-refractivity contribution is 6.13. The Hall–Kier alpha value is -8.26. The molecule has 314 valence electrons. The van der Waals surface area contributed by atoms with E-state index in [1.54, 1.807) is 0 Å². The van der Waals surface area contributed by atoms with E-state index < -0.39 is 5.41 Å². The average molecular weight is 852 g/mol. The molecule has 0 N–H and O–H groups in total. The van der Waals surface area contributed by atoms with Crippen LogP contribution in [-0.2, 0) is 10.8 Å². The van der Waals surface area contributed by atoms with Crippen molar-refractivity contribution in [3.63, 3.8) is 0 Å². The topological polar surface area (TPSA) is 4.93 Å². The highest BCUT2D eigenvalue weighted by atomic mass is 15.0. The standard InChI is InChI=1S/C66H45N/c1-65(2)56-35-13-10-28-48(56)52-31-18-23-43(62(52)65)41-55(45-25-7-6-24-44(45)42-21-4-3-5-22-42)47-27-9-8-26-46(47)51-32-19-33-53-49-29-11-14-36-57(49)66(63(51)53)58-37-15-17-40-61(58)67-60-39-16-12-30-50(60)54-34-20-38-59(66)64(54)67/h3-41H,1-2H3/b55-41+. The molecule has 2 heterocycles. The molecule has 67 heavy (non-hydrogen) atoms. The second kappa shape index (κ2) is 14.1. The van der Waals surface area contributed by atoms with E-state index >= 15 is 0 Å². The molecular formula is C66H45N. The van der Waals surface area contributed by atoms with Crippen molar-refractivity contribution in [3.05, 3.63) is 281 Å². The van der Waals surface area contributed by atoms with Crippen molar-refractivity contribution in [2.75, 3.05) is 0 Å². The van der Waals surface area contributed by atoms with Gasteiger partial charge in [-0.3, -0.25) is 0 Å². The fourth-order valence-corrected chi connectivity index (χ4v) is 12.9. The summed E-state index contributed by atoms with van der Waals surface area (Å²) in [7, 11) is 0. The molecule has 14 rings (SSSR count). The molecule has 3 aliphatic rings. The van der Waals surface area contributed by atoms with Gasteiger partial charge in [-0.05, 0) is 118 Å².